The summed E-state index contributed by atoms with van der Waals surface area (Å²) >= 11 is 0. The van der Waals surface area contributed by atoms with E-state index in [-0.39, 0.29) is 24.3 Å². The average molecular weight is 344 g/mol. The van der Waals surface area contributed by atoms with E-state index in [1.165, 1.54) is 7.05 Å². The van der Waals surface area contributed by atoms with Crippen molar-refractivity contribution in [3.05, 3.63) is 11.7 Å². The van der Waals surface area contributed by atoms with Crippen molar-refractivity contribution in [1.82, 2.24) is 19.3 Å². The van der Waals surface area contributed by atoms with Crippen LogP contribution in [0.25, 0.3) is 0 Å². The summed E-state index contributed by atoms with van der Waals surface area (Å²) in [6.45, 7) is 4.94. The molecular formula is C14H24N4O4S. The Labute approximate surface area is 136 Å². The molecule has 1 aliphatic rings. The fourth-order valence-electron chi connectivity index (χ4n) is 2.47. The lowest BCUT2D eigenvalue weighted by molar-refractivity contribution is -0.132. The molecule has 2 rings (SSSR count). The molecule has 8 nitrogen and oxygen atoms in total. The minimum atomic E-state index is -3.36. The van der Waals surface area contributed by atoms with Crippen LogP contribution >= 0.6 is 0 Å². The van der Waals surface area contributed by atoms with Gasteiger partial charge in [0.2, 0.25) is 21.8 Å². The lowest BCUT2D eigenvalue weighted by Gasteiger charge is -2.32. The van der Waals surface area contributed by atoms with E-state index in [1.54, 1.807) is 4.90 Å². The normalized spacial score (nSPS) is 19.6. The first-order chi connectivity index (χ1) is 10.7. The molecule has 1 aromatic rings. The molecule has 1 amide bonds. The number of likely N-dealkylation sites (N-methyl/N-ethyl adjacent to an activating group) is 1. The van der Waals surface area contributed by atoms with Crippen LogP contribution in [0.1, 0.15) is 50.2 Å². The fraction of sp³-hybridized carbons (Fsp3) is 0.786. The lowest BCUT2D eigenvalue weighted by atomic mass is 9.97. The van der Waals surface area contributed by atoms with Crippen LogP contribution in [0.3, 0.4) is 0 Å². The Bertz CT molecular complexity index is 655. The Kier molecular flexibility index (Phi) is 5.41. The van der Waals surface area contributed by atoms with Crippen LogP contribution in [0.5, 0.6) is 0 Å². The molecule has 0 radical (unpaired) electrons. The molecule has 0 saturated carbocycles. The van der Waals surface area contributed by atoms with Gasteiger partial charge in [-0.1, -0.05) is 19.0 Å². The summed E-state index contributed by atoms with van der Waals surface area (Å²) in [5, 5.41) is 4.02. The van der Waals surface area contributed by atoms with Crippen molar-refractivity contribution in [1.29, 1.82) is 0 Å². The summed E-state index contributed by atoms with van der Waals surface area (Å²) in [7, 11) is -1.96. The van der Waals surface area contributed by atoms with Gasteiger partial charge in [-0.2, -0.15) is 9.29 Å². The molecule has 0 spiro atoms. The molecule has 9 heteroatoms. The number of piperidine rings is 1. The summed E-state index contributed by atoms with van der Waals surface area (Å²) in [6.07, 6.45) is 2.82. The summed E-state index contributed by atoms with van der Waals surface area (Å²) in [5.74, 6) is 1.23. The van der Waals surface area contributed by atoms with E-state index in [2.05, 4.69) is 10.1 Å². The molecule has 1 fully saturated rings. The van der Waals surface area contributed by atoms with E-state index in [9.17, 15) is 13.2 Å². The highest BCUT2D eigenvalue weighted by molar-refractivity contribution is 7.88. The topological polar surface area (TPSA) is 96.6 Å². The maximum atomic E-state index is 12.3. The molecule has 1 saturated heterocycles. The second-order valence-electron chi connectivity index (χ2n) is 6.34. The van der Waals surface area contributed by atoms with Crippen LogP contribution in [-0.4, -0.2) is 66.6 Å². The first-order valence-electron chi connectivity index (χ1n) is 7.71. The highest BCUT2D eigenvalue weighted by Gasteiger charge is 2.29. The second kappa shape index (κ2) is 6.96. The van der Waals surface area contributed by atoms with Gasteiger partial charge in [-0.3, -0.25) is 4.79 Å². The van der Waals surface area contributed by atoms with Gasteiger partial charge in [-0.05, 0) is 12.8 Å². The minimum absolute atomic E-state index is 0.0347. The Balaban J connectivity index is 2.01. The Morgan fingerprint density at radius 2 is 2.17 bits per heavy atom. The summed E-state index contributed by atoms with van der Waals surface area (Å²) < 4.78 is 29.1. The number of aromatic nitrogens is 2. The van der Waals surface area contributed by atoms with E-state index in [4.69, 9.17) is 4.52 Å². The average Bonchev–Trinajstić information content (AvgIpc) is 2.96. The first-order valence-corrected chi connectivity index (χ1v) is 9.56. The predicted octanol–water partition coefficient (Wildman–Crippen LogP) is 0.790. The van der Waals surface area contributed by atoms with Gasteiger partial charge in [-0.25, -0.2) is 8.42 Å². The van der Waals surface area contributed by atoms with Gasteiger partial charge in [0.25, 0.3) is 0 Å². The monoisotopic (exact) mass is 344 g/mol. The van der Waals surface area contributed by atoms with E-state index in [0.29, 0.717) is 24.8 Å². The van der Waals surface area contributed by atoms with E-state index in [1.807, 2.05) is 13.8 Å². The number of hydrogen-bond acceptors (Lipinski definition) is 6. The fourth-order valence-corrected chi connectivity index (χ4v) is 2.81. The van der Waals surface area contributed by atoms with Crippen molar-refractivity contribution < 1.29 is 17.7 Å². The molecule has 0 bridgehead atoms. The van der Waals surface area contributed by atoms with Gasteiger partial charge in [0, 0.05) is 32.0 Å². The lowest BCUT2D eigenvalue weighted by Crippen LogP contribution is -2.45. The van der Waals surface area contributed by atoms with Gasteiger partial charge in [0.05, 0.1) is 12.8 Å². The van der Waals surface area contributed by atoms with E-state index in [0.717, 1.165) is 23.4 Å². The number of likely N-dealkylation sites (tertiary alicyclic amines) is 1. The SMILES string of the molecule is CC(C)c1nc([C@@H]2CCCN(C(=O)CN(C)S(C)(=O)=O)C2)no1. The van der Waals surface area contributed by atoms with Crippen LogP contribution in [-0.2, 0) is 14.8 Å². The zero-order valence-electron chi connectivity index (χ0n) is 14.0. The number of hydrogen-bond donors (Lipinski definition) is 0. The molecule has 0 unspecified atom stereocenters. The summed E-state index contributed by atoms with van der Waals surface area (Å²) in [6, 6.07) is 0. The molecule has 2 heterocycles. The Morgan fingerprint density at radius 3 is 2.74 bits per heavy atom. The van der Waals surface area contributed by atoms with Gasteiger partial charge in [-0.15, -0.1) is 0 Å². The van der Waals surface area contributed by atoms with Crippen molar-refractivity contribution in [2.75, 3.05) is 32.9 Å². The summed E-state index contributed by atoms with van der Waals surface area (Å²) in [5.41, 5.74) is 0. The molecule has 1 aliphatic heterocycles. The number of sulfonamides is 1. The second-order valence-corrected chi connectivity index (χ2v) is 8.43. The number of carbonyl (C=O) groups is 1. The summed E-state index contributed by atoms with van der Waals surface area (Å²) in [4.78, 5) is 18.4. The molecule has 130 valence electrons. The van der Waals surface area contributed by atoms with Crippen LogP contribution in [0, 0.1) is 0 Å². The van der Waals surface area contributed by atoms with E-state index < -0.39 is 10.0 Å². The van der Waals surface area contributed by atoms with Crippen LogP contribution in [0.4, 0.5) is 0 Å². The molecule has 1 atom stereocenters. The number of amides is 1. The van der Waals surface area contributed by atoms with Crippen LogP contribution < -0.4 is 0 Å². The van der Waals surface area contributed by atoms with Gasteiger partial charge in [0.15, 0.2) is 5.82 Å². The van der Waals surface area contributed by atoms with Gasteiger partial charge >= 0.3 is 0 Å². The maximum absolute atomic E-state index is 12.3. The Hall–Kier alpha value is -1.48. The molecule has 0 N–H and O–H groups in total. The quantitative estimate of drug-likeness (QED) is 0.783. The largest absolute Gasteiger partial charge is 0.341 e. The minimum Gasteiger partial charge on any atom is -0.341 e. The molecule has 0 aliphatic carbocycles. The predicted molar refractivity (Wildman–Crippen MR) is 84.4 cm³/mol. The Morgan fingerprint density at radius 1 is 1.48 bits per heavy atom. The smallest absolute Gasteiger partial charge is 0.237 e. The van der Waals surface area contributed by atoms with Crippen LogP contribution in [0.15, 0.2) is 4.52 Å². The highest BCUT2D eigenvalue weighted by atomic mass is 32.2. The van der Waals surface area contributed by atoms with E-state index >= 15 is 0 Å². The number of rotatable bonds is 5. The van der Waals surface area contributed by atoms with Crippen molar-refractivity contribution >= 4 is 15.9 Å². The first kappa shape index (κ1) is 17.9. The van der Waals surface area contributed by atoms with Crippen molar-refractivity contribution in [3.8, 4) is 0 Å². The van der Waals surface area contributed by atoms with Gasteiger partial charge < -0.3 is 9.42 Å². The molecule has 1 aromatic heterocycles. The number of carbonyl (C=O) groups excluding carboxylic acids is 1. The third-order valence-corrected chi connectivity index (χ3v) is 5.28. The number of nitrogens with zero attached hydrogens (tertiary/aromatic N) is 4. The standard InChI is InChI=1S/C14H24N4O4S/c1-10(2)14-15-13(16-22-14)11-6-5-7-18(8-11)12(19)9-17(3)23(4,20)21/h10-11H,5-9H2,1-4H3/t11-/m1/s1. The van der Waals surface area contributed by atoms with Gasteiger partial charge in [0.1, 0.15) is 0 Å². The molecule has 23 heavy (non-hydrogen) atoms. The zero-order chi connectivity index (χ0) is 17.2. The highest BCUT2D eigenvalue weighted by Crippen LogP contribution is 2.26. The third kappa shape index (κ3) is 4.51. The van der Waals surface area contributed by atoms with Crippen molar-refractivity contribution in [2.24, 2.45) is 0 Å². The maximum Gasteiger partial charge on any atom is 0.237 e. The third-order valence-electron chi connectivity index (χ3n) is 4.01. The van der Waals surface area contributed by atoms with Crippen molar-refractivity contribution in [3.63, 3.8) is 0 Å². The molecular weight excluding hydrogens is 320 g/mol. The molecule has 0 aromatic carbocycles. The zero-order valence-corrected chi connectivity index (χ0v) is 14.8. The van der Waals surface area contributed by atoms with Crippen molar-refractivity contribution in [2.45, 2.75) is 38.5 Å². The van der Waals surface area contributed by atoms with Crippen LogP contribution in [0.2, 0.25) is 0 Å².